The summed E-state index contributed by atoms with van der Waals surface area (Å²) in [7, 11) is 1.77. The Hall–Kier alpha value is -2.28. The topological polar surface area (TPSA) is 73.0 Å². The Balaban J connectivity index is 1.81. The lowest BCUT2D eigenvalue weighted by atomic mass is 9.85. The van der Waals surface area contributed by atoms with Gasteiger partial charge in [-0.2, -0.15) is 0 Å². The van der Waals surface area contributed by atoms with Crippen molar-refractivity contribution < 1.29 is 14.4 Å². The van der Waals surface area contributed by atoms with E-state index < -0.39 is 5.41 Å². The third-order valence-corrected chi connectivity index (χ3v) is 5.62. The number of nitrogens with zero attached hydrogens (tertiary/aromatic N) is 3. The van der Waals surface area contributed by atoms with Crippen molar-refractivity contribution >= 4 is 35.1 Å². The van der Waals surface area contributed by atoms with Crippen molar-refractivity contribution in [3.63, 3.8) is 0 Å². The average Bonchev–Trinajstić information content (AvgIpc) is 2.78. The van der Waals surface area contributed by atoms with E-state index in [-0.39, 0.29) is 23.8 Å². The quantitative estimate of drug-likeness (QED) is 0.820. The molecule has 0 aliphatic carbocycles. The summed E-state index contributed by atoms with van der Waals surface area (Å²) >= 11 is 6.00. The van der Waals surface area contributed by atoms with Crippen LogP contribution in [0.15, 0.2) is 24.3 Å². The molecule has 0 bridgehead atoms. The molecule has 2 aliphatic heterocycles. The minimum Gasteiger partial charge on any atom is -0.345 e. The van der Waals surface area contributed by atoms with E-state index in [4.69, 9.17) is 11.6 Å². The van der Waals surface area contributed by atoms with Gasteiger partial charge in [0.25, 0.3) is 0 Å². The first-order chi connectivity index (χ1) is 13.2. The fraction of sp³-hybridized carbons (Fsp3) is 0.550. The summed E-state index contributed by atoms with van der Waals surface area (Å²) in [5, 5.41) is 3.42. The molecule has 3 rings (SSSR count). The van der Waals surface area contributed by atoms with E-state index in [9.17, 15) is 14.4 Å². The van der Waals surface area contributed by atoms with Crippen LogP contribution in [0.1, 0.15) is 20.3 Å². The van der Waals surface area contributed by atoms with Gasteiger partial charge in [-0.15, -0.1) is 0 Å². The lowest BCUT2D eigenvalue weighted by Gasteiger charge is -2.33. The number of amides is 4. The maximum atomic E-state index is 12.9. The summed E-state index contributed by atoms with van der Waals surface area (Å²) in [5.74, 6) is -0.0220. The van der Waals surface area contributed by atoms with E-state index >= 15 is 0 Å². The van der Waals surface area contributed by atoms with Crippen molar-refractivity contribution in [3.05, 3.63) is 29.3 Å². The molecule has 1 unspecified atom stereocenters. The molecular formula is C20H27ClN4O3. The van der Waals surface area contributed by atoms with Crippen LogP contribution in [0.4, 0.5) is 10.5 Å². The second-order valence-corrected chi connectivity index (χ2v) is 8.64. The smallest absolute Gasteiger partial charge is 0.321 e. The Labute approximate surface area is 170 Å². The Morgan fingerprint density at radius 1 is 1.14 bits per heavy atom. The molecule has 1 N–H and O–H groups in total. The zero-order chi connectivity index (χ0) is 20.5. The number of urea groups is 1. The number of carbonyl (C=O) groups is 3. The zero-order valence-corrected chi connectivity index (χ0v) is 17.3. The van der Waals surface area contributed by atoms with Gasteiger partial charge in [-0.1, -0.05) is 31.5 Å². The van der Waals surface area contributed by atoms with Crippen LogP contribution < -0.4 is 5.32 Å². The molecule has 1 aromatic rings. The van der Waals surface area contributed by atoms with E-state index in [1.807, 2.05) is 18.7 Å². The Morgan fingerprint density at radius 3 is 2.43 bits per heavy atom. The van der Waals surface area contributed by atoms with Gasteiger partial charge in [0.15, 0.2) is 0 Å². The molecule has 152 valence electrons. The fourth-order valence-electron chi connectivity index (χ4n) is 4.07. The molecule has 1 atom stereocenters. The minimum atomic E-state index is -0.446. The number of likely N-dealkylation sites (tertiary alicyclic amines) is 1. The molecule has 28 heavy (non-hydrogen) atoms. The highest BCUT2D eigenvalue weighted by Gasteiger charge is 2.47. The van der Waals surface area contributed by atoms with Crippen molar-refractivity contribution in [2.75, 3.05) is 45.1 Å². The number of hydrogen-bond donors (Lipinski definition) is 1. The van der Waals surface area contributed by atoms with Crippen molar-refractivity contribution in [1.82, 2.24) is 14.7 Å². The fourth-order valence-corrected chi connectivity index (χ4v) is 4.26. The van der Waals surface area contributed by atoms with E-state index in [1.165, 1.54) is 0 Å². The average molecular weight is 407 g/mol. The number of hydrogen-bond acceptors (Lipinski definition) is 3. The van der Waals surface area contributed by atoms with Crippen LogP contribution in [0.3, 0.4) is 0 Å². The first kappa shape index (κ1) is 20.5. The normalized spacial score (nSPS) is 22.8. The minimum absolute atomic E-state index is 0.0500. The summed E-state index contributed by atoms with van der Waals surface area (Å²) in [6.45, 7) is 6.07. The first-order valence-corrected chi connectivity index (χ1v) is 9.91. The van der Waals surface area contributed by atoms with E-state index in [0.29, 0.717) is 49.9 Å². The third kappa shape index (κ3) is 4.41. The van der Waals surface area contributed by atoms with Gasteiger partial charge in [0.05, 0.1) is 0 Å². The van der Waals surface area contributed by atoms with Crippen molar-refractivity contribution in [2.45, 2.75) is 20.3 Å². The van der Waals surface area contributed by atoms with Crippen molar-refractivity contribution in [3.8, 4) is 0 Å². The summed E-state index contributed by atoms with van der Waals surface area (Å²) in [5.41, 5.74) is 0.170. The molecular weight excluding hydrogens is 380 g/mol. The number of rotatable bonds is 2. The number of nitrogens with one attached hydrogen (secondary N) is 1. The molecule has 1 aromatic carbocycles. The maximum Gasteiger partial charge on any atom is 0.321 e. The molecule has 2 fully saturated rings. The number of carbonyl (C=O) groups excluding carboxylic acids is 3. The lowest BCUT2D eigenvalue weighted by molar-refractivity contribution is -0.135. The summed E-state index contributed by atoms with van der Waals surface area (Å²) in [6, 6.07) is 6.73. The molecule has 2 saturated heterocycles. The van der Waals surface area contributed by atoms with Gasteiger partial charge in [0.2, 0.25) is 11.8 Å². The third-order valence-electron chi connectivity index (χ3n) is 5.39. The zero-order valence-electron chi connectivity index (χ0n) is 16.6. The molecule has 4 amide bonds. The van der Waals surface area contributed by atoms with E-state index in [1.54, 1.807) is 41.1 Å². The predicted octanol–water partition coefficient (Wildman–Crippen LogP) is 2.52. The molecule has 7 nitrogen and oxygen atoms in total. The Morgan fingerprint density at radius 2 is 1.82 bits per heavy atom. The van der Waals surface area contributed by atoms with Gasteiger partial charge >= 0.3 is 6.03 Å². The van der Waals surface area contributed by atoms with E-state index in [2.05, 4.69) is 5.32 Å². The molecule has 2 aliphatic rings. The van der Waals surface area contributed by atoms with Crippen LogP contribution in [0.2, 0.25) is 5.02 Å². The van der Waals surface area contributed by atoms with Crippen molar-refractivity contribution in [1.29, 1.82) is 0 Å². The number of halogens is 1. The van der Waals surface area contributed by atoms with Crippen LogP contribution in [0, 0.1) is 11.3 Å². The van der Waals surface area contributed by atoms with Gasteiger partial charge in [-0.25, -0.2) is 4.79 Å². The van der Waals surface area contributed by atoms with Crippen LogP contribution >= 0.6 is 11.6 Å². The highest BCUT2D eigenvalue weighted by atomic mass is 35.5. The van der Waals surface area contributed by atoms with Gasteiger partial charge in [-0.3, -0.25) is 9.59 Å². The van der Waals surface area contributed by atoms with Gasteiger partial charge in [0.1, 0.15) is 0 Å². The second-order valence-electron chi connectivity index (χ2n) is 8.20. The highest BCUT2D eigenvalue weighted by Crippen LogP contribution is 2.35. The molecule has 0 aromatic heterocycles. The Bertz CT molecular complexity index is 784. The van der Waals surface area contributed by atoms with Crippen molar-refractivity contribution in [2.24, 2.45) is 11.3 Å². The summed E-state index contributed by atoms with van der Waals surface area (Å²) < 4.78 is 0. The highest BCUT2D eigenvalue weighted by molar-refractivity contribution is 6.30. The molecule has 0 radical (unpaired) electrons. The summed E-state index contributed by atoms with van der Waals surface area (Å²) in [6.07, 6.45) is 0.340. The Kier molecular flexibility index (Phi) is 5.84. The SMILES string of the molecule is CC(C)C(=O)N1CCN(C(=O)Nc2cccc(Cl)c2)CC2(CC(=O)N(C)C2)C1. The first-order valence-electron chi connectivity index (χ1n) is 9.53. The van der Waals surface area contributed by atoms with Gasteiger partial charge in [0, 0.05) is 68.2 Å². The molecule has 0 saturated carbocycles. The monoisotopic (exact) mass is 406 g/mol. The largest absolute Gasteiger partial charge is 0.345 e. The van der Waals surface area contributed by atoms with Gasteiger partial charge in [-0.05, 0) is 18.2 Å². The van der Waals surface area contributed by atoms with Crippen LogP contribution in [-0.4, -0.2) is 72.3 Å². The standard InChI is InChI=1S/C20H27ClN4O3/c1-14(2)18(27)24-7-8-25(13-20(12-24)10-17(26)23(3)11-20)19(28)22-16-6-4-5-15(21)9-16/h4-6,9,14H,7-8,10-13H2,1-3H3,(H,22,28). The molecule has 8 heteroatoms. The lowest BCUT2D eigenvalue weighted by Crippen LogP contribution is -2.46. The van der Waals surface area contributed by atoms with Crippen LogP contribution in [0.5, 0.6) is 0 Å². The second kappa shape index (κ2) is 7.99. The van der Waals surface area contributed by atoms with Crippen LogP contribution in [0.25, 0.3) is 0 Å². The molecule has 2 heterocycles. The number of anilines is 1. The number of benzene rings is 1. The van der Waals surface area contributed by atoms with E-state index in [0.717, 1.165) is 0 Å². The van der Waals surface area contributed by atoms with Crippen LogP contribution in [-0.2, 0) is 9.59 Å². The molecule has 1 spiro atoms. The van der Waals surface area contributed by atoms with Gasteiger partial charge < -0.3 is 20.0 Å². The summed E-state index contributed by atoms with van der Waals surface area (Å²) in [4.78, 5) is 43.0. The predicted molar refractivity (Wildman–Crippen MR) is 108 cm³/mol. The maximum absolute atomic E-state index is 12.9.